The van der Waals surface area contributed by atoms with E-state index < -0.39 is 11.8 Å². The summed E-state index contributed by atoms with van der Waals surface area (Å²) in [6, 6.07) is 11.2. The van der Waals surface area contributed by atoms with Crippen molar-refractivity contribution in [2.75, 3.05) is 10.2 Å². The Kier molecular flexibility index (Phi) is 4.80. The number of furan rings is 1. The van der Waals surface area contributed by atoms with Gasteiger partial charge in [-0.05, 0) is 60.1 Å². The molecule has 0 aliphatic carbocycles. The average Bonchev–Trinajstić information content (AvgIpc) is 3.08. The van der Waals surface area contributed by atoms with Crippen molar-refractivity contribution >= 4 is 56.6 Å². The highest BCUT2D eigenvalue weighted by Gasteiger charge is 2.37. The van der Waals surface area contributed by atoms with Gasteiger partial charge in [0.2, 0.25) is 0 Å². The van der Waals surface area contributed by atoms with Gasteiger partial charge in [0.1, 0.15) is 11.5 Å². The maximum atomic E-state index is 12.6. The van der Waals surface area contributed by atoms with Gasteiger partial charge in [-0.15, -0.1) is 0 Å². The van der Waals surface area contributed by atoms with Crippen LogP contribution in [-0.4, -0.2) is 17.7 Å². The second kappa shape index (κ2) is 7.17. The zero-order valence-corrected chi connectivity index (χ0v) is 17.7. The first-order valence-corrected chi connectivity index (χ1v) is 9.81. The van der Waals surface area contributed by atoms with Gasteiger partial charge in [-0.3, -0.25) is 14.4 Å². The zero-order chi connectivity index (χ0) is 20.9. The van der Waals surface area contributed by atoms with Gasteiger partial charge in [0.15, 0.2) is 0 Å². The fourth-order valence-electron chi connectivity index (χ4n) is 3.28. The van der Waals surface area contributed by atoms with Crippen molar-refractivity contribution in [3.05, 3.63) is 80.2 Å². The summed E-state index contributed by atoms with van der Waals surface area (Å²) in [4.78, 5) is 38.9. The normalized spacial score (nSPS) is 13.0. The first kappa shape index (κ1) is 19.4. The van der Waals surface area contributed by atoms with Crippen LogP contribution in [-0.2, 0) is 0 Å². The van der Waals surface area contributed by atoms with E-state index in [2.05, 4.69) is 21.2 Å². The number of nitrogens with zero attached hydrogens (tertiary/aromatic N) is 1. The van der Waals surface area contributed by atoms with Crippen molar-refractivity contribution < 1.29 is 18.8 Å². The van der Waals surface area contributed by atoms with E-state index >= 15 is 0 Å². The minimum atomic E-state index is -0.433. The van der Waals surface area contributed by atoms with Crippen LogP contribution in [0.15, 0.2) is 51.4 Å². The molecule has 1 aliphatic rings. The number of fused-ring (bicyclic) bond motifs is 1. The van der Waals surface area contributed by atoms with E-state index in [0.29, 0.717) is 38.4 Å². The van der Waals surface area contributed by atoms with Gasteiger partial charge in [-0.2, -0.15) is 0 Å². The summed E-state index contributed by atoms with van der Waals surface area (Å²) >= 11 is 9.70. The van der Waals surface area contributed by atoms with Gasteiger partial charge < -0.3 is 9.73 Å². The van der Waals surface area contributed by atoms with Crippen molar-refractivity contribution in [2.24, 2.45) is 0 Å². The Hall–Kier alpha value is -2.90. The van der Waals surface area contributed by atoms with Gasteiger partial charge in [-0.25, -0.2) is 4.90 Å². The van der Waals surface area contributed by atoms with E-state index in [-0.39, 0.29) is 16.6 Å². The Morgan fingerprint density at radius 1 is 1.03 bits per heavy atom. The van der Waals surface area contributed by atoms with Gasteiger partial charge in [0, 0.05) is 5.69 Å². The number of amides is 3. The number of hydrogen-bond acceptors (Lipinski definition) is 4. The van der Waals surface area contributed by atoms with Crippen LogP contribution >= 0.6 is 27.5 Å². The van der Waals surface area contributed by atoms with Gasteiger partial charge >= 0.3 is 0 Å². The number of nitrogens with one attached hydrogen (secondary N) is 1. The molecule has 0 bridgehead atoms. The third-order valence-electron chi connectivity index (χ3n) is 4.65. The minimum Gasteiger partial charge on any atom is -0.465 e. The number of carbonyl (C=O) groups is 3. The van der Waals surface area contributed by atoms with Crippen molar-refractivity contribution in [3.8, 4) is 0 Å². The number of rotatable bonds is 3. The van der Waals surface area contributed by atoms with Gasteiger partial charge in [0.05, 0.1) is 31.9 Å². The SMILES string of the molecule is Cc1oc(C)c(C(=O)Nc2ccc(N3C(=O)c4ccccc4C3=O)c(Cl)c2)c1Br. The maximum absolute atomic E-state index is 12.6. The average molecular weight is 474 g/mol. The summed E-state index contributed by atoms with van der Waals surface area (Å²) in [6.45, 7) is 3.45. The van der Waals surface area contributed by atoms with E-state index in [9.17, 15) is 14.4 Å². The summed E-state index contributed by atoms with van der Waals surface area (Å²) < 4.78 is 6.04. The molecule has 3 aromatic rings. The number of anilines is 2. The van der Waals surface area contributed by atoms with Crippen LogP contribution in [0.25, 0.3) is 0 Å². The largest absolute Gasteiger partial charge is 0.465 e. The molecule has 0 fully saturated rings. The molecular formula is C21H14BrClN2O4. The summed E-state index contributed by atoms with van der Waals surface area (Å²) in [7, 11) is 0. The molecule has 2 aromatic carbocycles. The smallest absolute Gasteiger partial charge is 0.266 e. The topological polar surface area (TPSA) is 79.6 Å². The zero-order valence-electron chi connectivity index (χ0n) is 15.4. The lowest BCUT2D eigenvalue weighted by Gasteiger charge is -2.16. The molecule has 146 valence electrons. The molecule has 0 saturated carbocycles. The van der Waals surface area contributed by atoms with Crippen molar-refractivity contribution in [1.29, 1.82) is 0 Å². The van der Waals surface area contributed by atoms with E-state index in [1.54, 1.807) is 44.2 Å². The highest BCUT2D eigenvalue weighted by Crippen LogP contribution is 2.35. The molecule has 0 radical (unpaired) electrons. The van der Waals surface area contributed by atoms with Crippen LogP contribution in [0.2, 0.25) is 5.02 Å². The maximum Gasteiger partial charge on any atom is 0.266 e. The van der Waals surface area contributed by atoms with Gasteiger partial charge in [-0.1, -0.05) is 23.7 Å². The molecule has 4 rings (SSSR count). The van der Waals surface area contributed by atoms with Crippen LogP contribution < -0.4 is 10.2 Å². The molecule has 0 spiro atoms. The number of halogens is 2. The Morgan fingerprint density at radius 3 is 2.17 bits per heavy atom. The summed E-state index contributed by atoms with van der Waals surface area (Å²) in [5.74, 6) is -0.140. The molecule has 0 atom stereocenters. The number of aryl methyl sites for hydroxylation is 2. The molecule has 6 nitrogen and oxygen atoms in total. The molecule has 1 N–H and O–H groups in total. The predicted octanol–water partition coefficient (Wildman–Crippen LogP) is 5.37. The lowest BCUT2D eigenvalue weighted by atomic mass is 10.1. The van der Waals surface area contributed by atoms with Crippen molar-refractivity contribution in [2.45, 2.75) is 13.8 Å². The highest BCUT2D eigenvalue weighted by atomic mass is 79.9. The van der Waals surface area contributed by atoms with E-state index in [1.165, 1.54) is 12.1 Å². The second-order valence-electron chi connectivity index (χ2n) is 6.52. The van der Waals surface area contributed by atoms with E-state index in [4.69, 9.17) is 16.0 Å². The van der Waals surface area contributed by atoms with E-state index in [1.807, 2.05) is 0 Å². The molecule has 1 aliphatic heterocycles. The van der Waals surface area contributed by atoms with Crippen LogP contribution in [0.3, 0.4) is 0 Å². The number of benzene rings is 2. The molecule has 2 heterocycles. The molecular weight excluding hydrogens is 460 g/mol. The Bertz CT molecular complexity index is 1170. The first-order valence-electron chi connectivity index (χ1n) is 8.63. The number of carbonyl (C=O) groups excluding carboxylic acids is 3. The standard InChI is InChI=1S/C21H14BrClN2O4/c1-10-17(18(22)11(2)29-10)19(26)24-12-7-8-16(15(23)9-12)25-20(27)13-5-3-4-6-14(13)21(25)28/h3-9H,1-2H3,(H,24,26). The Balaban J connectivity index is 1.62. The summed E-state index contributed by atoms with van der Waals surface area (Å²) in [6.07, 6.45) is 0. The Morgan fingerprint density at radius 2 is 1.66 bits per heavy atom. The van der Waals surface area contributed by atoms with E-state index in [0.717, 1.165) is 4.90 Å². The monoisotopic (exact) mass is 472 g/mol. The minimum absolute atomic E-state index is 0.163. The molecule has 1 aromatic heterocycles. The number of hydrogen-bond donors (Lipinski definition) is 1. The lowest BCUT2D eigenvalue weighted by Crippen LogP contribution is -2.29. The van der Waals surface area contributed by atoms with Crippen molar-refractivity contribution in [3.63, 3.8) is 0 Å². The van der Waals surface area contributed by atoms with Gasteiger partial charge in [0.25, 0.3) is 17.7 Å². The fraction of sp³-hybridized carbons (Fsp3) is 0.0952. The van der Waals surface area contributed by atoms with Crippen LogP contribution in [0.4, 0.5) is 11.4 Å². The summed E-state index contributed by atoms with van der Waals surface area (Å²) in [5, 5.41) is 2.91. The molecule has 29 heavy (non-hydrogen) atoms. The third kappa shape index (κ3) is 3.16. The molecule has 0 unspecified atom stereocenters. The molecule has 8 heteroatoms. The number of imide groups is 1. The molecule has 3 amide bonds. The van der Waals surface area contributed by atoms with Crippen LogP contribution in [0, 0.1) is 13.8 Å². The highest BCUT2D eigenvalue weighted by molar-refractivity contribution is 9.10. The first-order chi connectivity index (χ1) is 13.8. The lowest BCUT2D eigenvalue weighted by molar-refractivity contribution is 0.0924. The van der Waals surface area contributed by atoms with Crippen LogP contribution in [0.1, 0.15) is 42.6 Å². The third-order valence-corrected chi connectivity index (χ3v) is 5.91. The van der Waals surface area contributed by atoms with Crippen LogP contribution in [0.5, 0.6) is 0 Å². The molecule has 0 saturated heterocycles. The quantitative estimate of drug-likeness (QED) is 0.519. The Labute approximate surface area is 179 Å². The second-order valence-corrected chi connectivity index (χ2v) is 7.72. The van der Waals surface area contributed by atoms with Crippen molar-refractivity contribution in [1.82, 2.24) is 0 Å². The fourth-order valence-corrected chi connectivity index (χ4v) is 4.09. The predicted molar refractivity (Wildman–Crippen MR) is 113 cm³/mol. The summed E-state index contributed by atoms with van der Waals surface area (Å²) in [5.41, 5.74) is 1.74.